The fraction of sp³-hybridized carbons (Fsp3) is 0.500. The lowest BCUT2D eigenvalue weighted by Gasteiger charge is -2.33. The molecule has 0 spiro atoms. The number of ketones is 1. The molecule has 0 aromatic heterocycles. The van der Waals surface area contributed by atoms with Crippen LogP contribution < -0.4 is 28.4 Å². The van der Waals surface area contributed by atoms with E-state index in [4.69, 9.17) is 33.2 Å². The molecule has 0 aliphatic carbocycles. The number of rotatable bonds is 14. The highest BCUT2D eigenvalue weighted by Crippen LogP contribution is 2.39. The number of nitrogens with zero attached hydrogens (tertiary/aromatic N) is 1. The van der Waals surface area contributed by atoms with Gasteiger partial charge in [0.25, 0.3) is 11.7 Å². The normalized spacial score (nSPS) is 14.6. The van der Waals surface area contributed by atoms with Crippen LogP contribution in [-0.4, -0.2) is 84.4 Å². The maximum atomic E-state index is 13.3. The Morgan fingerprint density at radius 1 is 0.732 bits per heavy atom. The fourth-order valence-corrected chi connectivity index (χ4v) is 4.87. The van der Waals surface area contributed by atoms with Crippen molar-refractivity contribution in [3.63, 3.8) is 0 Å². The molecule has 1 aliphatic heterocycles. The number of ether oxygens (including phenoxy) is 7. The number of Topliss-reactive ketones (excluding diaryl/α,β-unsaturated/α-hetero) is 1. The van der Waals surface area contributed by atoms with E-state index >= 15 is 0 Å². The Hall–Kier alpha value is -4.15. The molecule has 1 saturated heterocycles. The van der Waals surface area contributed by atoms with Gasteiger partial charge in [-0.3, -0.25) is 9.59 Å². The molecule has 1 heterocycles. The molecule has 2 aromatic rings. The second-order valence-electron chi connectivity index (χ2n) is 9.41. The minimum Gasteiger partial charge on any atom is -0.493 e. The molecule has 11 nitrogen and oxygen atoms in total. The van der Waals surface area contributed by atoms with Gasteiger partial charge in [0, 0.05) is 12.1 Å². The zero-order chi connectivity index (χ0) is 29.9. The zero-order valence-electron chi connectivity index (χ0n) is 24.6. The highest BCUT2D eigenvalue weighted by molar-refractivity contribution is 6.43. The SMILES string of the molecule is COc1cc(CCCCOC(=O)C2CCCCN2C(=O)C(=O)c2cc(OC)c(OC)c(OC)c2)cc(OC)c1OC. The van der Waals surface area contributed by atoms with Gasteiger partial charge in [-0.15, -0.1) is 0 Å². The first-order valence-corrected chi connectivity index (χ1v) is 13.4. The van der Waals surface area contributed by atoms with Gasteiger partial charge in [0.15, 0.2) is 23.0 Å². The van der Waals surface area contributed by atoms with E-state index in [9.17, 15) is 14.4 Å². The summed E-state index contributed by atoms with van der Waals surface area (Å²) in [4.78, 5) is 40.8. The van der Waals surface area contributed by atoms with Crippen molar-refractivity contribution in [3.8, 4) is 34.5 Å². The molecule has 1 atom stereocenters. The van der Waals surface area contributed by atoms with Crippen molar-refractivity contribution in [2.45, 2.75) is 44.6 Å². The van der Waals surface area contributed by atoms with Crippen LogP contribution >= 0.6 is 0 Å². The summed E-state index contributed by atoms with van der Waals surface area (Å²) in [7, 11) is 8.99. The number of methoxy groups -OCH3 is 6. The Kier molecular flexibility index (Phi) is 11.5. The van der Waals surface area contributed by atoms with E-state index in [0.717, 1.165) is 18.4 Å². The molecular weight excluding hydrogens is 534 g/mol. The average Bonchev–Trinajstić information content (AvgIpc) is 3.02. The third kappa shape index (κ3) is 7.33. The Morgan fingerprint density at radius 3 is 1.78 bits per heavy atom. The third-order valence-corrected chi connectivity index (χ3v) is 6.99. The van der Waals surface area contributed by atoms with Gasteiger partial charge in [0.1, 0.15) is 6.04 Å². The number of amides is 1. The molecule has 11 heteroatoms. The Bertz CT molecular complexity index is 1180. The fourth-order valence-electron chi connectivity index (χ4n) is 4.87. The van der Waals surface area contributed by atoms with Crippen molar-refractivity contribution in [1.29, 1.82) is 0 Å². The van der Waals surface area contributed by atoms with Gasteiger partial charge in [0.2, 0.25) is 11.5 Å². The van der Waals surface area contributed by atoms with Crippen molar-refractivity contribution < 1.29 is 47.5 Å². The van der Waals surface area contributed by atoms with E-state index in [2.05, 4.69) is 0 Å². The molecule has 1 aliphatic rings. The summed E-state index contributed by atoms with van der Waals surface area (Å²) in [6.45, 7) is 0.485. The number of likely N-dealkylation sites (tertiary alicyclic amines) is 1. The quantitative estimate of drug-likeness (QED) is 0.143. The molecule has 0 bridgehead atoms. The first-order valence-electron chi connectivity index (χ1n) is 13.4. The van der Waals surface area contributed by atoms with Crippen molar-refractivity contribution in [2.24, 2.45) is 0 Å². The Morgan fingerprint density at radius 2 is 1.27 bits per heavy atom. The van der Waals surface area contributed by atoms with E-state index in [1.807, 2.05) is 12.1 Å². The molecule has 0 N–H and O–H groups in total. The van der Waals surface area contributed by atoms with Crippen molar-refractivity contribution in [3.05, 3.63) is 35.4 Å². The lowest BCUT2D eigenvalue weighted by atomic mass is 10.00. The van der Waals surface area contributed by atoms with Crippen LogP contribution in [0.25, 0.3) is 0 Å². The standard InChI is InChI=1S/C30H39NO10/c1-35-22-15-19(16-23(36-2)27(22)39-5)11-8-10-14-41-30(34)21-12-7-9-13-31(21)29(33)26(32)20-17-24(37-3)28(40-6)25(18-20)38-4/h15-18,21H,7-14H2,1-6H3. The second kappa shape index (κ2) is 15.0. The number of benzene rings is 2. The summed E-state index contributed by atoms with van der Waals surface area (Å²) >= 11 is 0. The summed E-state index contributed by atoms with van der Waals surface area (Å²) in [6.07, 6.45) is 3.95. The topological polar surface area (TPSA) is 119 Å². The van der Waals surface area contributed by atoms with Crippen LogP contribution in [-0.2, 0) is 20.7 Å². The number of aryl methyl sites for hydroxylation is 1. The second-order valence-corrected chi connectivity index (χ2v) is 9.41. The van der Waals surface area contributed by atoms with Crippen molar-refractivity contribution in [2.75, 3.05) is 55.8 Å². The van der Waals surface area contributed by atoms with Crippen LogP contribution in [0.4, 0.5) is 0 Å². The summed E-state index contributed by atoms with van der Waals surface area (Å²) in [6, 6.07) is 5.81. The smallest absolute Gasteiger partial charge is 0.328 e. The summed E-state index contributed by atoms with van der Waals surface area (Å²) < 4.78 is 37.6. The van der Waals surface area contributed by atoms with E-state index in [0.29, 0.717) is 48.7 Å². The van der Waals surface area contributed by atoms with Crippen molar-refractivity contribution in [1.82, 2.24) is 4.90 Å². The summed E-state index contributed by atoms with van der Waals surface area (Å²) in [5.41, 5.74) is 1.08. The lowest BCUT2D eigenvalue weighted by molar-refractivity contribution is -0.155. The average molecular weight is 574 g/mol. The number of piperidine rings is 1. The number of hydrogen-bond acceptors (Lipinski definition) is 10. The Labute approximate surface area is 240 Å². The van der Waals surface area contributed by atoms with Crippen LogP contribution in [0.2, 0.25) is 0 Å². The van der Waals surface area contributed by atoms with Crippen LogP contribution in [0.1, 0.15) is 48.0 Å². The number of carbonyl (C=O) groups excluding carboxylic acids is 3. The van der Waals surface area contributed by atoms with Crippen LogP contribution in [0, 0.1) is 0 Å². The predicted molar refractivity (Wildman–Crippen MR) is 150 cm³/mol. The van der Waals surface area contributed by atoms with Crippen LogP contribution in [0.3, 0.4) is 0 Å². The maximum absolute atomic E-state index is 13.3. The number of unbranched alkanes of at least 4 members (excludes halogenated alkanes) is 1. The molecule has 0 radical (unpaired) electrons. The highest BCUT2D eigenvalue weighted by atomic mass is 16.5. The van der Waals surface area contributed by atoms with Crippen LogP contribution in [0.15, 0.2) is 24.3 Å². The molecule has 1 amide bonds. The molecule has 1 fully saturated rings. The molecule has 0 saturated carbocycles. The van der Waals surface area contributed by atoms with E-state index in [1.54, 1.807) is 21.3 Å². The van der Waals surface area contributed by atoms with Gasteiger partial charge in [-0.1, -0.05) is 0 Å². The summed E-state index contributed by atoms with van der Waals surface area (Å²) in [5.74, 6) is 0.453. The predicted octanol–water partition coefficient (Wildman–Crippen LogP) is 3.87. The monoisotopic (exact) mass is 573 g/mol. The number of carbonyl (C=O) groups is 3. The molecule has 41 heavy (non-hydrogen) atoms. The number of esters is 1. The molecule has 3 rings (SSSR count). The van der Waals surface area contributed by atoms with Gasteiger partial charge in [0.05, 0.1) is 49.3 Å². The van der Waals surface area contributed by atoms with Gasteiger partial charge in [-0.25, -0.2) is 4.79 Å². The highest BCUT2D eigenvalue weighted by Gasteiger charge is 2.37. The van der Waals surface area contributed by atoms with E-state index in [1.165, 1.54) is 38.4 Å². The van der Waals surface area contributed by atoms with Gasteiger partial charge >= 0.3 is 5.97 Å². The summed E-state index contributed by atoms with van der Waals surface area (Å²) in [5, 5.41) is 0. The van der Waals surface area contributed by atoms with E-state index in [-0.39, 0.29) is 30.2 Å². The minimum absolute atomic E-state index is 0.0778. The van der Waals surface area contributed by atoms with Gasteiger partial charge < -0.3 is 38.1 Å². The minimum atomic E-state index is -0.822. The number of hydrogen-bond donors (Lipinski definition) is 0. The van der Waals surface area contributed by atoms with Gasteiger partial charge in [-0.2, -0.15) is 0 Å². The largest absolute Gasteiger partial charge is 0.493 e. The van der Waals surface area contributed by atoms with Crippen LogP contribution in [0.5, 0.6) is 34.5 Å². The lowest BCUT2D eigenvalue weighted by Crippen LogP contribution is -2.51. The third-order valence-electron chi connectivity index (χ3n) is 6.99. The zero-order valence-corrected chi connectivity index (χ0v) is 24.6. The molecule has 224 valence electrons. The van der Waals surface area contributed by atoms with Crippen molar-refractivity contribution >= 4 is 17.7 Å². The Balaban J connectivity index is 1.60. The first-order chi connectivity index (χ1) is 19.8. The first kappa shape index (κ1) is 31.4. The van der Waals surface area contributed by atoms with E-state index < -0.39 is 23.7 Å². The molecule has 2 aromatic carbocycles. The van der Waals surface area contributed by atoms with Gasteiger partial charge in [-0.05, 0) is 68.4 Å². The maximum Gasteiger partial charge on any atom is 0.328 e. The molecule has 1 unspecified atom stereocenters. The molecular formula is C30H39NO10.